The zero-order chi connectivity index (χ0) is 32.0. The van der Waals surface area contributed by atoms with Crippen molar-refractivity contribution < 1.29 is 13.5 Å². The fraction of sp³-hybridized carbons (Fsp3) is 0.395. The van der Waals surface area contributed by atoms with Gasteiger partial charge in [0.2, 0.25) is 0 Å². The first-order valence-electron chi connectivity index (χ1n) is 15.6. The molecule has 1 aromatic carbocycles. The summed E-state index contributed by atoms with van der Waals surface area (Å²) >= 11 is -1.85. The van der Waals surface area contributed by atoms with Gasteiger partial charge in [-0.1, -0.05) is 37.1 Å². The maximum absolute atomic E-state index is 7.32. The molecule has 44 heavy (non-hydrogen) atoms. The first-order valence-corrected chi connectivity index (χ1v) is 20.9. The van der Waals surface area contributed by atoms with Crippen molar-refractivity contribution in [1.29, 1.82) is 5.26 Å². The fourth-order valence-corrected chi connectivity index (χ4v) is 9.74. The zero-order valence-electron chi connectivity index (χ0n) is 27.2. The molecule has 0 saturated carbocycles. The molecule has 0 spiro atoms. The predicted molar refractivity (Wildman–Crippen MR) is 186 cm³/mol. The topological polar surface area (TPSA) is 30.3 Å². The molecule has 1 aromatic rings. The Morgan fingerprint density at radius 1 is 0.773 bits per heavy atom. The van der Waals surface area contributed by atoms with Crippen LogP contribution < -0.4 is 0 Å². The Hall–Kier alpha value is -2.44. The summed E-state index contributed by atoms with van der Waals surface area (Å²) in [6.07, 6.45) is 16.1. The molecule has 0 amide bonds. The number of hydrogen-bond donors (Lipinski definition) is 0. The molecule has 0 bridgehead atoms. The van der Waals surface area contributed by atoms with E-state index in [1.807, 2.05) is 6.07 Å². The summed E-state index contributed by atoms with van der Waals surface area (Å²) in [4.78, 5) is 5.00. The summed E-state index contributed by atoms with van der Waals surface area (Å²) in [5, 5.41) is 7.32. The quantitative estimate of drug-likeness (QED) is 0.231. The third-order valence-electron chi connectivity index (χ3n) is 8.59. The number of rotatable bonds is 3. The van der Waals surface area contributed by atoms with Gasteiger partial charge in [0.25, 0.3) is 0 Å². The van der Waals surface area contributed by atoms with Crippen LogP contribution in [0.3, 0.4) is 0 Å². The number of fused-ring (bicyclic) bond motifs is 1. The van der Waals surface area contributed by atoms with E-state index in [0.717, 1.165) is 25.9 Å². The molecule has 1 aliphatic heterocycles. The second-order valence-electron chi connectivity index (χ2n) is 12.3. The van der Waals surface area contributed by atoms with Crippen LogP contribution in [0.4, 0.5) is 0 Å². The van der Waals surface area contributed by atoms with Gasteiger partial charge in [-0.15, -0.1) is 0 Å². The van der Waals surface area contributed by atoms with E-state index in [-0.39, 0.29) is 0 Å². The molecular weight excluding hydrogens is 670 g/mol. The molecule has 2 atom stereocenters. The number of nitriles is 1. The molecule has 4 aliphatic carbocycles. The first-order chi connectivity index (χ1) is 21.0. The number of halogens is 2. The van der Waals surface area contributed by atoms with Gasteiger partial charge in [0.05, 0.1) is 6.07 Å². The third kappa shape index (κ3) is 8.04. The molecule has 1 fully saturated rings. The van der Waals surface area contributed by atoms with E-state index in [1.54, 1.807) is 6.07 Å². The Morgan fingerprint density at radius 3 is 1.70 bits per heavy atom. The van der Waals surface area contributed by atoms with Gasteiger partial charge in [0, 0.05) is 20.0 Å². The van der Waals surface area contributed by atoms with Crippen LogP contribution in [0.2, 0.25) is 0 Å². The van der Waals surface area contributed by atoms with Crippen molar-refractivity contribution in [2.24, 2.45) is 11.8 Å². The second kappa shape index (κ2) is 15.7. The van der Waals surface area contributed by atoms with Gasteiger partial charge in [0.15, 0.2) is 0 Å². The molecule has 5 aliphatic rings. The van der Waals surface area contributed by atoms with E-state index in [1.165, 1.54) is 79.8 Å². The Bertz CT molecular complexity index is 1490. The Labute approximate surface area is 279 Å². The third-order valence-corrected chi connectivity index (χ3v) is 11.7. The van der Waals surface area contributed by atoms with Crippen molar-refractivity contribution in [2.75, 3.05) is 13.1 Å². The molecule has 3 nitrogen and oxygen atoms in total. The average Bonchev–Trinajstić information content (AvgIpc) is 3.59. The molecule has 1 saturated heterocycles. The summed E-state index contributed by atoms with van der Waals surface area (Å²) < 4.78 is 1.17. The van der Waals surface area contributed by atoms with Crippen LogP contribution >= 0.6 is 19.4 Å². The summed E-state index contributed by atoms with van der Waals surface area (Å²) in [7, 11) is 12.4. The van der Waals surface area contributed by atoms with E-state index >= 15 is 0 Å². The molecule has 1 heterocycles. The zero-order valence-corrected chi connectivity index (χ0v) is 30.4. The summed E-state index contributed by atoms with van der Waals surface area (Å²) in [5.74, 6) is 1.24. The van der Waals surface area contributed by atoms with Crippen LogP contribution in [0.15, 0.2) is 106 Å². The van der Waals surface area contributed by atoms with Gasteiger partial charge in [-0.3, -0.25) is 0 Å². The van der Waals surface area contributed by atoms with Crippen molar-refractivity contribution in [1.82, 2.24) is 9.80 Å². The standard InChI is InChI=1S/C21H31N2.C15H12.C2H3N.2ClH.Ru/c1-14-9-16(3)20(17(4)10-14)22-7-8-23(13-22)21-18(5)11-15(2)12-19(21)6;1-2-6-12(7-3-1)15-11-10-13-8-4-5-9-14(13)15;1-2-3;;;/h9,11,13,17,19H,7-8,10,12H2,1-6H3;1-3,6-9,11H,4-5H2;1H3;2*1H;/q-1;;;;;+2/p-2/t17-,19+;;;;;. The van der Waals surface area contributed by atoms with Gasteiger partial charge in [-0.25, -0.2) is 0 Å². The number of nitrogens with zero attached hydrogens (tertiary/aromatic N) is 3. The van der Waals surface area contributed by atoms with Gasteiger partial charge < -0.3 is 9.80 Å². The van der Waals surface area contributed by atoms with Gasteiger partial charge in [0.1, 0.15) is 0 Å². The van der Waals surface area contributed by atoms with E-state index in [0.29, 0.717) is 11.8 Å². The van der Waals surface area contributed by atoms with E-state index in [2.05, 4.69) is 113 Å². The SMILES string of the molecule is CC#N.CC1=CC(C)=C(N2[CH-]N(C3=C(C)C=C(C)C[C@@H]3C)CC2)[C@H](C)C1.[Cl][Ru]([Cl])=[C]1C=C(c2ccccc2)C2=CCCC=C21. The van der Waals surface area contributed by atoms with Crippen molar-refractivity contribution in [3.63, 3.8) is 0 Å². The van der Waals surface area contributed by atoms with Gasteiger partial charge in [-0.2, -0.15) is 11.9 Å². The van der Waals surface area contributed by atoms with Crippen LogP contribution in [-0.4, -0.2) is 27.0 Å². The average molecular weight is 717 g/mol. The van der Waals surface area contributed by atoms with Crippen LogP contribution in [0.1, 0.15) is 79.7 Å². The van der Waals surface area contributed by atoms with E-state index in [9.17, 15) is 0 Å². The van der Waals surface area contributed by atoms with Crippen molar-refractivity contribution in [2.45, 2.75) is 74.1 Å². The van der Waals surface area contributed by atoms with Crippen molar-refractivity contribution in [3.8, 4) is 6.07 Å². The molecule has 6 heteroatoms. The Balaban J connectivity index is 0.000000189. The van der Waals surface area contributed by atoms with E-state index < -0.39 is 13.5 Å². The van der Waals surface area contributed by atoms with Crippen LogP contribution in [0, 0.1) is 29.8 Å². The van der Waals surface area contributed by atoms with Crippen LogP contribution in [0.5, 0.6) is 0 Å². The van der Waals surface area contributed by atoms with Gasteiger partial charge in [-0.05, 0) is 74.9 Å². The molecule has 0 radical (unpaired) electrons. The number of hydrogen-bond acceptors (Lipinski definition) is 3. The molecular formula is C38H46Cl2N3Ru-. The number of benzene rings is 1. The molecule has 6 rings (SSSR count). The van der Waals surface area contributed by atoms with Crippen LogP contribution in [0.25, 0.3) is 5.57 Å². The summed E-state index contributed by atoms with van der Waals surface area (Å²) in [6, 6.07) is 12.2. The number of allylic oxidation sites excluding steroid dienone is 14. The predicted octanol–water partition coefficient (Wildman–Crippen LogP) is 10.6. The Morgan fingerprint density at radius 2 is 1.25 bits per heavy atom. The van der Waals surface area contributed by atoms with Crippen molar-refractivity contribution in [3.05, 3.63) is 118 Å². The Kier molecular flexibility index (Phi) is 12.3. The summed E-state index contributed by atoms with van der Waals surface area (Å²) in [5.41, 5.74) is 14.1. The van der Waals surface area contributed by atoms with Crippen LogP contribution in [-0.2, 0) is 13.5 Å². The monoisotopic (exact) mass is 716 g/mol. The molecule has 0 N–H and O–H groups in total. The molecule has 0 aromatic heterocycles. The summed E-state index contributed by atoms with van der Waals surface area (Å²) in [6.45, 7) is 19.8. The second-order valence-corrected chi connectivity index (χ2v) is 18.1. The maximum atomic E-state index is 7.32. The molecule has 0 unspecified atom stereocenters. The normalized spacial score (nSPS) is 23.2. The van der Waals surface area contributed by atoms with E-state index in [4.69, 9.17) is 24.6 Å². The first kappa shape index (κ1) is 34.4. The van der Waals surface area contributed by atoms with Gasteiger partial charge >= 0.3 is 121 Å². The minimum atomic E-state index is -1.85. The van der Waals surface area contributed by atoms with Crippen molar-refractivity contribution >= 4 is 29.1 Å². The molecule has 236 valence electrons. The minimum absolute atomic E-state index is 0.622. The fourth-order valence-electron chi connectivity index (χ4n) is 7.22.